The number of likely N-dealkylation sites (tertiary alicyclic amines) is 1. The molecule has 3 atom stereocenters. The van der Waals surface area contributed by atoms with Gasteiger partial charge in [-0.2, -0.15) is 18.4 Å². The maximum absolute atomic E-state index is 14.2. The van der Waals surface area contributed by atoms with Crippen LogP contribution in [0.15, 0.2) is 30.3 Å². The van der Waals surface area contributed by atoms with E-state index in [1.165, 1.54) is 16.8 Å². The lowest BCUT2D eigenvalue weighted by Gasteiger charge is -2.35. The summed E-state index contributed by atoms with van der Waals surface area (Å²) in [4.78, 5) is 59.2. The highest BCUT2D eigenvalue weighted by molar-refractivity contribution is 6.07. The maximum atomic E-state index is 14.2. The smallest absolute Gasteiger partial charge is 0.353 e. The number of carbonyl (C=O) groups is 4. The van der Waals surface area contributed by atoms with E-state index < -0.39 is 46.8 Å². The van der Waals surface area contributed by atoms with Crippen LogP contribution in [0.5, 0.6) is 0 Å². The lowest BCUT2D eigenvalue weighted by Crippen LogP contribution is -2.52. The van der Waals surface area contributed by atoms with Crippen molar-refractivity contribution in [2.45, 2.75) is 70.3 Å². The summed E-state index contributed by atoms with van der Waals surface area (Å²) in [6.07, 6.45) is -4.50. The van der Waals surface area contributed by atoms with Crippen molar-refractivity contribution in [1.82, 2.24) is 19.7 Å². The van der Waals surface area contributed by atoms with Crippen LogP contribution in [-0.2, 0) is 32.8 Å². The third kappa shape index (κ3) is 5.34. The Bertz CT molecular complexity index is 1540. The topological polar surface area (TPSA) is 130 Å². The van der Waals surface area contributed by atoms with E-state index in [1.807, 2.05) is 26.8 Å². The van der Waals surface area contributed by atoms with E-state index in [0.29, 0.717) is 21.8 Å². The molecule has 4 heterocycles. The van der Waals surface area contributed by atoms with Crippen LogP contribution in [-0.4, -0.2) is 81.7 Å². The zero-order chi connectivity index (χ0) is 31.5. The van der Waals surface area contributed by atoms with Crippen molar-refractivity contribution in [1.29, 1.82) is 5.26 Å². The van der Waals surface area contributed by atoms with Gasteiger partial charge in [-0.1, -0.05) is 39.0 Å². The summed E-state index contributed by atoms with van der Waals surface area (Å²) in [5.41, 5.74) is 0.902. The summed E-state index contributed by atoms with van der Waals surface area (Å²) in [5.74, 6) is -3.25. The number of anilines is 1. The number of hydrogen-bond acceptors (Lipinski definition) is 5. The number of alkyl halides is 3. The number of nitriles is 1. The van der Waals surface area contributed by atoms with Gasteiger partial charge in [0.2, 0.25) is 11.8 Å². The molecule has 0 radical (unpaired) electrons. The molecule has 5 rings (SSSR count). The normalized spacial score (nSPS) is 22.1. The van der Waals surface area contributed by atoms with E-state index in [-0.39, 0.29) is 50.5 Å². The minimum absolute atomic E-state index is 0.0184. The molecule has 0 aliphatic carbocycles. The highest BCUT2D eigenvalue weighted by atomic mass is 19.4. The van der Waals surface area contributed by atoms with Gasteiger partial charge < -0.3 is 25.0 Å². The number of H-pyrrole nitrogens is 1. The summed E-state index contributed by atoms with van der Waals surface area (Å²) in [5, 5.41) is 12.9. The van der Waals surface area contributed by atoms with Gasteiger partial charge >= 0.3 is 12.1 Å². The van der Waals surface area contributed by atoms with Crippen molar-refractivity contribution in [3.8, 4) is 6.07 Å². The first kappa shape index (κ1) is 30.1. The van der Waals surface area contributed by atoms with Crippen LogP contribution in [0.2, 0.25) is 0 Å². The number of benzene rings is 1. The van der Waals surface area contributed by atoms with Crippen LogP contribution in [0.3, 0.4) is 0 Å². The second kappa shape index (κ2) is 10.4. The van der Waals surface area contributed by atoms with Crippen molar-refractivity contribution >= 4 is 29.3 Å². The van der Waals surface area contributed by atoms with E-state index >= 15 is 0 Å². The molecule has 10 nitrogen and oxygen atoms in total. The number of fused-ring (bicyclic) bond motifs is 3. The van der Waals surface area contributed by atoms with Gasteiger partial charge in [0.05, 0.1) is 18.0 Å². The van der Waals surface area contributed by atoms with Gasteiger partial charge in [0.1, 0.15) is 17.8 Å². The third-order valence-corrected chi connectivity index (χ3v) is 8.55. The number of para-hydroxylation sites is 1. The number of amides is 4. The molecule has 13 heteroatoms. The Morgan fingerprint density at radius 2 is 1.91 bits per heavy atom. The summed E-state index contributed by atoms with van der Waals surface area (Å²) in [6.45, 7) is 5.27. The van der Waals surface area contributed by atoms with Gasteiger partial charge in [0.15, 0.2) is 0 Å². The van der Waals surface area contributed by atoms with Crippen molar-refractivity contribution < 1.29 is 32.3 Å². The molecule has 0 bridgehead atoms. The Hall–Kier alpha value is -4.34. The molecular formula is C30H33F3N6O4. The molecule has 1 saturated heterocycles. The summed E-state index contributed by atoms with van der Waals surface area (Å²) < 4.78 is 38.9. The van der Waals surface area contributed by atoms with Gasteiger partial charge in [-0.15, -0.1) is 0 Å². The Morgan fingerprint density at radius 3 is 2.56 bits per heavy atom. The van der Waals surface area contributed by atoms with Crippen molar-refractivity contribution in [3.05, 3.63) is 52.8 Å². The Morgan fingerprint density at radius 1 is 1.21 bits per heavy atom. The molecule has 1 spiro atoms. The average molecular weight is 599 g/mol. The van der Waals surface area contributed by atoms with Crippen LogP contribution >= 0.6 is 0 Å². The molecule has 2 aromatic rings. The molecule has 43 heavy (non-hydrogen) atoms. The van der Waals surface area contributed by atoms with Crippen molar-refractivity contribution in [2.75, 3.05) is 25.5 Å². The molecule has 1 aromatic heterocycles. The highest BCUT2D eigenvalue weighted by Crippen LogP contribution is 2.46. The standard InChI is InChI=1S/C30H33F3N6O4/c1-28(2,3)13-23(25(41)39-16-29(12-18(39)14-34)19-7-5-6-8-20(19)36-26(29)42)37(4)24(40)21-11-17-9-10-38(15-22(17)35-21)27(43)30(31,32)33/h5-8,11,18,23,35H,9-10,12-13,15-16H2,1-4H3,(H,36,42)/t18-,23-,29-/m0/s1. The molecular weight excluding hydrogens is 565 g/mol. The fraction of sp³-hybridized carbons (Fsp3) is 0.500. The summed E-state index contributed by atoms with van der Waals surface area (Å²) >= 11 is 0. The largest absolute Gasteiger partial charge is 0.471 e. The number of nitrogens with zero attached hydrogens (tertiary/aromatic N) is 4. The van der Waals surface area contributed by atoms with Gasteiger partial charge in [-0.05, 0) is 41.5 Å². The molecule has 3 aliphatic heterocycles. The molecule has 0 unspecified atom stereocenters. The fourth-order valence-electron chi connectivity index (χ4n) is 6.38. The van der Waals surface area contributed by atoms with Gasteiger partial charge in [-0.25, -0.2) is 0 Å². The van der Waals surface area contributed by atoms with E-state index in [9.17, 15) is 37.6 Å². The minimum atomic E-state index is -5.00. The number of aromatic amines is 1. The van der Waals surface area contributed by atoms with Crippen LogP contribution in [0.1, 0.15) is 60.9 Å². The molecule has 1 fully saturated rings. The molecule has 0 saturated carbocycles. The van der Waals surface area contributed by atoms with Crippen LogP contribution in [0, 0.1) is 16.7 Å². The third-order valence-electron chi connectivity index (χ3n) is 8.55. The summed E-state index contributed by atoms with van der Waals surface area (Å²) in [7, 11) is 1.47. The van der Waals surface area contributed by atoms with Gasteiger partial charge in [-0.3, -0.25) is 19.2 Å². The van der Waals surface area contributed by atoms with E-state index in [4.69, 9.17) is 0 Å². The van der Waals surface area contributed by atoms with Crippen molar-refractivity contribution in [3.63, 3.8) is 0 Å². The van der Waals surface area contributed by atoms with Crippen LogP contribution in [0.25, 0.3) is 0 Å². The minimum Gasteiger partial charge on any atom is -0.353 e. The first-order valence-corrected chi connectivity index (χ1v) is 14.0. The zero-order valence-corrected chi connectivity index (χ0v) is 24.3. The predicted molar refractivity (Wildman–Crippen MR) is 148 cm³/mol. The average Bonchev–Trinajstić information content (AvgIpc) is 3.63. The first-order chi connectivity index (χ1) is 20.1. The second-order valence-corrected chi connectivity index (χ2v) is 12.8. The number of aromatic nitrogens is 1. The Kier molecular flexibility index (Phi) is 7.31. The molecule has 1 aromatic carbocycles. The SMILES string of the molecule is CN(C(=O)c1cc2c([nH]1)CN(C(=O)C(F)(F)F)CC2)[C@@H](CC(C)(C)C)C(=O)N1C[C@]2(C[C@H]1C#N)C(=O)Nc1ccccc12. The van der Waals surface area contributed by atoms with E-state index in [2.05, 4.69) is 16.4 Å². The monoisotopic (exact) mass is 598 g/mol. The van der Waals surface area contributed by atoms with Crippen molar-refractivity contribution in [2.24, 2.45) is 5.41 Å². The van der Waals surface area contributed by atoms with Gasteiger partial charge in [0, 0.05) is 37.9 Å². The predicted octanol–water partition coefficient (Wildman–Crippen LogP) is 3.35. The fourth-order valence-corrected chi connectivity index (χ4v) is 6.38. The Balaban J connectivity index is 1.41. The lowest BCUT2D eigenvalue weighted by atomic mass is 9.80. The number of likely N-dealkylation sites (N-methyl/N-ethyl adjacent to an activating group) is 1. The number of hydrogen-bond donors (Lipinski definition) is 2. The zero-order valence-electron chi connectivity index (χ0n) is 24.3. The van der Waals surface area contributed by atoms with Crippen LogP contribution in [0.4, 0.5) is 18.9 Å². The van der Waals surface area contributed by atoms with Gasteiger partial charge in [0.25, 0.3) is 5.91 Å². The molecule has 3 aliphatic rings. The van der Waals surface area contributed by atoms with E-state index in [1.54, 1.807) is 24.3 Å². The summed E-state index contributed by atoms with van der Waals surface area (Å²) in [6, 6.07) is 9.01. The number of nitrogens with one attached hydrogen (secondary N) is 2. The Labute approximate surface area is 246 Å². The second-order valence-electron chi connectivity index (χ2n) is 12.8. The lowest BCUT2D eigenvalue weighted by molar-refractivity contribution is -0.186. The molecule has 4 amide bonds. The number of carbonyl (C=O) groups excluding carboxylic acids is 4. The van der Waals surface area contributed by atoms with Crippen LogP contribution < -0.4 is 5.32 Å². The quantitative estimate of drug-likeness (QED) is 0.558. The molecule has 228 valence electrons. The number of rotatable bonds is 4. The number of halogens is 3. The highest BCUT2D eigenvalue weighted by Gasteiger charge is 2.57. The molecule has 2 N–H and O–H groups in total. The first-order valence-electron chi connectivity index (χ1n) is 14.0. The van der Waals surface area contributed by atoms with E-state index in [0.717, 1.165) is 5.56 Å². The maximum Gasteiger partial charge on any atom is 0.471 e.